The predicted octanol–water partition coefficient (Wildman–Crippen LogP) is 3.33. The second-order valence-corrected chi connectivity index (χ2v) is 5.42. The number of hydrogen-bond acceptors (Lipinski definition) is 3. The summed E-state index contributed by atoms with van der Waals surface area (Å²) < 4.78 is 6.02. The number of rotatable bonds is 6. The summed E-state index contributed by atoms with van der Waals surface area (Å²) in [5.74, 6) is 1.49. The molecule has 2 atom stereocenters. The van der Waals surface area contributed by atoms with Crippen molar-refractivity contribution in [2.75, 3.05) is 0 Å². The minimum atomic E-state index is -0.414. The van der Waals surface area contributed by atoms with Crippen molar-refractivity contribution >= 4 is 0 Å². The Morgan fingerprint density at radius 2 is 1.14 bits per heavy atom. The smallest absolute Gasteiger partial charge is 0.130 e. The summed E-state index contributed by atoms with van der Waals surface area (Å²) in [6.07, 6.45) is 0.272. The van der Waals surface area contributed by atoms with Crippen molar-refractivity contribution in [1.82, 2.24) is 0 Å². The Morgan fingerprint density at radius 3 is 1.52 bits per heavy atom. The molecule has 0 amide bonds. The Hall–Kier alpha value is -1.84. The van der Waals surface area contributed by atoms with E-state index >= 15 is 0 Å². The van der Waals surface area contributed by atoms with Gasteiger partial charge in [0.15, 0.2) is 0 Å². The maximum absolute atomic E-state index is 9.58. The molecule has 21 heavy (non-hydrogen) atoms. The highest BCUT2D eigenvalue weighted by molar-refractivity contribution is 5.41. The summed E-state index contributed by atoms with van der Waals surface area (Å²) in [5.41, 5.74) is 1.94. The van der Waals surface area contributed by atoms with E-state index in [1.165, 1.54) is 0 Å². The first-order valence-electron chi connectivity index (χ1n) is 7.26. The number of benzene rings is 2. The maximum atomic E-state index is 9.58. The molecule has 0 saturated carbocycles. The summed E-state index contributed by atoms with van der Waals surface area (Å²) in [6, 6.07) is 15.4. The van der Waals surface area contributed by atoms with Crippen LogP contribution in [0, 0.1) is 0 Å². The monoisotopic (exact) mass is 286 g/mol. The Balaban J connectivity index is 2.26. The molecule has 2 aromatic carbocycles. The highest BCUT2D eigenvalue weighted by atomic mass is 16.5. The van der Waals surface area contributed by atoms with E-state index in [1.54, 1.807) is 13.8 Å². The van der Waals surface area contributed by atoms with Gasteiger partial charge in [0.2, 0.25) is 0 Å². The van der Waals surface area contributed by atoms with Crippen LogP contribution in [0.2, 0.25) is 0 Å². The van der Waals surface area contributed by atoms with Gasteiger partial charge in [0, 0.05) is 12.8 Å². The van der Waals surface area contributed by atoms with Crippen molar-refractivity contribution in [1.29, 1.82) is 0 Å². The summed E-state index contributed by atoms with van der Waals surface area (Å²) in [5, 5.41) is 19.2. The zero-order chi connectivity index (χ0) is 15.2. The van der Waals surface area contributed by atoms with Gasteiger partial charge in [0.05, 0.1) is 12.2 Å². The summed E-state index contributed by atoms with van der Waals surface area (Å²) in [6.45, 7) is 3.52. The van der Waals surface area contributed by atoms with Gasteiger partial charge in [-0.2, -0.15) is 0 Å². The predicted molar refractivity (Wildman–Crippen MR) is 83.7 cm³/mol. The van der Waals surface area contributed by atoms with Gasteiger partial charge >= 0.3 is 0 Å². The van der Waals surface area contributed by atoms with E-state index in [1.807, 2.05) is 48.5 Å². The third-order valence-electron chi connectivity index (χ3n) is 3.20. The first-order chi connectivity index (χ1) is 10.1. The molecule has 0 spiro atoms. The number of para-hydroxylation sites is 2. The fourth-order valence-electron chi connectivity index (χ4n) is 2.30. The molecule has 0 saturated heterocycles. The number of aliphatic hydroxyl groups excluding tert-OH is 2. The van der Waals surface area contributed by atoms with Crippen molar-refractivity contribution in [3.8, 4) is 11.5 Å². The Labute approximate surface area is 125 Å². The van der Waals surface area contributed by atoms with Crippen LogP contribution in [-0.2, 0) is 12.8 Å². The quantitative estimate of drug-likeness (QED) is 0.856. The van der Waals surface area contributed by atoms with Gasteiger partial charge in [-0.25, -0.2) is 0 Å². The van der Waals surface area contributed by atoms with E-state index in [0.717, 1.165) is 22.6 Å². The third kappa shape index (κ3) is 4.59. The molecule has 0 fully saturated rings. The molecule has 0 aliphatic heterocycles. The highest BCUT2D eigenvalue weighted by Gasteiger charge is 2.10. The van der Waals surface area contributed by atoms with Gasteiger partial charge in [-0.15, -0.1) is 0 Å². The van der Waals surface area contributed by atoms with Crippen LogP contribution >= 0.6 is 0 Å². The van der Waals surface area contributed by atoms with Crippen molar-refractivity contribution < 1.29 is 14.9 Å². The zero-order valence-corrected chi connectivity index (χ0v) is 12.5. The lowest BCUT2D eigenvalue weighted by Gasteiger charge is -2.15. The highest BCUT2D eigenvalue weighted by Crippen LogP contribution is 2.29. The standard InChI is InChI=1S/C18H22O3/c1-13(19)11-15-7-3-5-9-17(15)21-18-10-6-4-8-16(18)12-14(2)20/h3-10,13-14,19-20H,11-12H2,1-2H3. The molecule has 0 heterocycles. The normalized spacial score (nSPS) is 13.7. The maximum Gasteiger partial charge on any atom is 0.130 e. The van der Waals surface area contributed by atoms with Crippen LogP contribution in [-0.4, -0.2) is 22.4 Å². The summed E-state index contributed by atoms with van der Waals surface area (Å²) in [4.78, 5) is 0. The molecular weight excluding hydrogens is 264 g/mol. The van der Waals surface area contributed by atoms with E-state index in [0.29, 0.717) is 12.8 Å². The molecule has 0 aliphatic carbocycles. The molecule has 0 aromatic heterocycles. The molecule has 3 heteroatoms. The van der Waals surface area contributed by atoms with E-state index in [-0.39, 0.29) is 0 Å². The van der Waals surface area contributed by atoms with E-state index < -0.39 is 12.2 Å². The SMILES string of the molecule is CC(O)Cc1ccccc1Oc1ccccc1CC(C)O. The van der Waals surface area contributed by atoms with Crippen LogP contribution in [0.3, 0.4) is 0 Å². The van der Waals surface area contributed by atoms with Crippen molar-refractivity contribution in [3.05, 3.63) is 59.7 Å². The zero-order valence-electron chi connectivity index (χ0n) is 12.5. The van der Waals surface area contributed by atoms with Gasteiger partial charge in [-0.3, -0.25) is 0 Å². The van der Waals surface area contributed by atoms with Gasteiger partial charge in [0.25, 0.3) is 0 Å². The van der Waals surface area contributed by atoms with Crippen LogP contribution in [0.25, 0.3) is 0 Å². The lowest BCUT2D eigenvalue weighted by Crippen LogP contribution is -2.07. The van der Waals surface area contributed by atoms with Crippen molar-refractivity contribution in [2.45, 2.75) is 38.9 Å². The van der Waals surface area contributed by atoms with Gasteiger partial charge in [0.1, 0.15) is 11.5 Å². The van der Waals surface area contributed by atoms with Gasteiger partial charge in [-0.1, -0.05) is 36.4 Å². The van der Waals surface area contributed by atoms with Gasteiger partial charge < -0.3 is 14.9 Å². The topological polar surface area (TPSA) is 49.7 Å². The average Bonchev–Trinajstić information content (AvgIpc) is 2.42. The summed E-state index contributed by atoms with van der Waals surface area (Å²) >= 11 is 0. The fraction of sp³-hybridized carbons (Fsp3) is 0.333. The number of aliphatic hydroxyl groups is 2. The van der Waals surface area contributed by atoms with E-state index in [4.69, 9.17) is 4.74 Å². The van der Waals surface area contributed by atoms with Crippen molar-refractivity contribution in [3.63, 3.8) is 0 Å². The fourth-order valence-corrected chi connectivity index (χ4v) is 2.30. The Morgan fingerprint density at radius 1 is 0.762 bits per heavy atom. The van der Waals surface area contributed by atoms with Crippen LogP contribution in [0.15, 0.2) is 48.5 Å². The first kappa shape index (κ1) is 15.5. The van der Waals surface area contributed by atoms with Gasteiger partial charge in [-0.05, 0) is 37.1 Å². The largest absolute Gasteiger partial charge is 0.457 e. The van der Waals surface area contributed by atoms with Crippen LogP contribution < -0.4 is 4.74 Å². The molecule has 0 aliphatic rings. The molecule has 2 unspecified atom stereocenters. The average molecular weight is 286 g/mol. The van der Waals surface area contributed by atoms with Crippen LogP contribution in [0.1, 0.15) is 25.0 Å². The van der Waals surface area contributed by atoms with Crippen molar-refractivity contribution in [2.24, 2.45) is 0 Å². The molecule has 2 N–H and O–H groups in total. The molecule has 0 bridgehead atoms. The van der Waals surface area contributed by atoms with Crippen LogP contribution in [0.5, 0.6) is 11.5 Å². The first-order valence-corrected chi connectivity index (χ1v) is 7.26. The molecule has 0 radical (unpaired) electrons. The third-order valence-corrected chi connectivity index (χ3v) is 3.20. The second-order valence-electron chi connectivity index (χ2n) is 5.42. The minimum absolute atomic E-state index is 0.414. The lowest BCUT2D eigenvalue weighted by atomic mass is 10.1. The van der Waals surface area contributed by atoms with Crippen LogP contribution in [0.4, 0.5) is 0 Å². The lowest BCUT2D eigenvalue weighted by molar-refractivity contribution is 0.193. The molecular formula is C18H22O3. The van der Waals surface area contributed by atoms with E-state index in [9.17, 15) is 10.2 Å². The molecule has 3 nitrogen and oxygen atoms in total. The number of hydrogen-bond donors (Lipinski definition) is 2. The number of ether oxygens (including phenoxy) is 1. The molecule has 112 valence electrons. The minimum Gasteiger partial charge on any atom is -0.457 e. The second kappa shape index (κ2) is 7.25. The Bertz CT molecular complexity index is 525. The summed E-state index contributed by atoms with van der Waals surface area (Å²) in [7, 11) is 0. The molecule has 2 aromatic rings. The Kier molecular flexibility index (Phi) is 5.37. The van der Waals surface area contributed by atoms with E-state index in [2.05, 4.69) is 0 Å². The molecule has 2 rings (SSSR count).